The smallest absolute Gasteiger partial charge is 0.426 e. The van der Waals surface area contributed by atoms with E-state index in [0.29, 0.717) is 5.56 Å². The van der Waals surface area contributed by atoms with Crippen molar-refractivity contribution in [2.75, 3.05) is 0 Å². The van der Waals surface area contributed by atoms with Gasteiger partial charge in [0.1, 0.15) is 6.04 Å². The molecule has 0 aromatic heterocycles. The first-order valence-electron chi connectivity index (χ1n) is 5.45. The third-order valence-corrected chi connectivity index (χ3v) is 2.96. The van der Waals surface area contributed by atoms with E-state index in [0.717, 1.165) is 0 Å². The van der Waals surface area contributed by atoms with Crippen LogP contribution in [0.3, 0.4) is 0 Å². The molecule has 0 amide bonds. The number of rotatable bonds is 4. The van der Waals surface area contributed by atoms with E-state index >= 15 is 0 Å². The van der Waals surface area contributed by atoms with Crippen LogP contribution in [0.15, 0.2) is 24.3 Å². The number of hydrogen-bond acceptors (Lipinski definition) is 4. The van der Waals surface area contributed by atoms with Crippen molar-refractivity contribution in [3.8, 4) is 0 Å². The maximum atomic E-state index is 12.8. The molecule has 19 heavy (non-hydrogen) atoms. The molecule has 0 aliphatic carbocycles. The van der Waals surface area contributed by atoms with Gasteiger partial charge in [-0.05, 0) is 17.5 Å². The van der Waals surface area contributed by atoms with Crippen molar-refractivity contribution < 1.29 is 23.1 Å². The lowest BCUT2D eigenvalue weighted by Gasteiger charge is -2.16. The number of carboxylic acids is 1. The van der Waals surface area contributed by atoms with Crippen LogP contribution in [0.2, 0.25) is 0 Å². The third kappa shape index (κ3) is 2.55. The fraction of sp³-hybridized carbons (Fsp3) is 0.364. The van der Waals surface area contributed by atoms with Crippen molar-refractivity contribution in [2.24, 2.45) is 5.73 Å². The second-order valence-electron chi connectivity index (χ2n) is 4.34. The number of benzene rings is 1. The van der Waals surface area contributed by atoms with E-state index in [1.54, 1.807) is 0 Å². The van der Waals surface area contributed by atoms with Crippen molar-refractivity contribution in [3.05, 3.63) is 35.4 Å². The highest BCUT2D eigenvalue weighted by Gasteiger charge is 2.65. The Labute approximate surface area is 106 Å². The number of nitrogens with two attached hydrogens (primary N) is 1. The highest BCUT2D eigenvalue weighted by Crippen LogP contribution is 2.41. The molecule has 5 nitrogen and oxygen atoms in total. The molecule has 1 aromatic carbocycles. The van der Waals surface area contributed by atoms with Crippen molar-refractivity contribution in [1.29, 1.82) is 0 Å². The number of nitrogens with one attached hydrogen (secondary N) is 2. The Kier molecular flexibility index (Phi) is 3.25. The zero-order chi connectivity index (χ0) is 14.3. The molecule has 1 unspecified atom stereocenters. The predicted octanol–water partition coefficient (Wildman–Crippen LogP) is 0.464. The molecular formula is C11H12F3N3O2. The van der Waals surface area contributed by atoms with Crippen LogP contribution in [0.4, 0.5) is 13.2 Å². The van der Waals surface area contributed by atoms with Gasteiger partial charge in [0.05, 0.1) is 0 Å². The van der Waals surface area contributed by atoms with Crippen LogP contribution < -0.4 is 16.6 Å². The number of halogens is 3. The van der Waals surface area contributed by atoms with Gasteiger partial charge in [0.2, 0.25) is 5.66 Å². The first kappa shape index (κ1) is 13.8. The number of carboxylic acid groups (broad SMARTS) is 1. The minimum Gasteiger partial charge on any atom is -0.480 e. The minimum absolute atomic E-state index is 0.0210. The molecular weight excluding hydrogens is 263 g/mol. The van der Waals surface area contributed by atoms with Gasteiger partial charge in [0.25, 0.3) is 0 Å². The van der Waals surface area contributed by atoms with Crippen LogP contribution >= 0.6 is 0 Å². The van der Waals surface area contributed by atoms with Gasteiger partial charge in [0.15, 0.2) is 0 Å². The average molecular weight is 275 g/mol. The minimum atomic E-state index is -4.45. The molecule has 2 rings (SSSR count). The number of hydrogen-bond donors (Lipinski definition) is 4. The molecule has 1 atom stereocenters. The van der Waals surface area contributed by atoms with Gasteiger partial charge in [-0.2, -0.15) is 13.2 Å². The van der Waals surface area contributed by atoms with E-state index in [-0.39, 0.29) is 12.0 Å². The fourth-order valence-corrected chi connectivity index (χ4v) is 1.74. The van der Waals surface area contributed by atoms with Gasteiger partial charge < -0.3 is 10.8 Å². The van der Waals surface area contributed by atoms with E-state index in [9.17, 15) is 18.0 Å². The van der Waals surface area contributed by atoms with Crippen LogP contribution in [-0.4, -0.2) is 23.3 Å². The summed E-state index contributed by atoms with van der Waals surface area (Å²) in [4.78, 5) is 10.6. The first-order chi connectivity index (χ1) is 8.76. The zero-order valence-corrected chi connectivity index (χ0v) is 9.66. The number of carbonyl (C=O) groups is 1. The Morgan fingerprint density at radius 3 is 2.21 bits per heavy atom. The van der Waals surface area contributed by atoms with Gasteiger partial charge in [-0.25, -0.2) is 10.9 Å². The lowest BCUT2D eigenvalue weighted by atomic mass is 9.99. The molecule has 1 aliphatic heterocycles. The van der Waals surface area contributed by atoms with Gasteiger partial charge in [-0.15, -0.1) is 0 Å². The Morgan fingerprint density at radius 1 is 1.32 bits per heavy atom. The summed E-state index contributed by atoms with van der Waals surface area (Å²) in [7, 11) is 0. The summed E-state index contributed by atoms with van der Waals surface area (Å²) in [6, 6.07) is 4.40. The lowest BCUT2D eigenvalue weighted by Crippen LogP contribution is -2.35. The molecule has 0 saturated carbocycles. The molecule has 1 saturated heterocycles. The van der Waals surface area contributed by atoms with Crippen molar-refractivity contribution in [3.63, 3.8) is 0 Å². The van der Waals surface area contributed by atoms with E-state index in [1.165, 1.54) is 24.3 Å². The maximum Gasteiger partial charge on any atom is 0.426 e. The van der Waals surface area contributed by atoms with Crippen molar-refractivity contribution in [2.45, 2.75) is 24.3 Å². The van der Waals surface area contributed by atoms with Crippen LogP contribution in [0, 0.1) is 0 Å². The molecule has 0 bridgehead atoms. The van der Waals surface area contributed by atoms with Crippen LogP contribution in [-0.2, 0) is 16.9 Å². The van der Waals surface area contributed by atoms with Gasteiger partial charge >= 0.3 is 12.1 Å². The van der Waals surface area contributed by atoms with Crippen molar-refractivity contribution in [1.82, 2.24) is 10.9 Å². The molecule has 1 fully saturated rings. The molecule has 104 valence electrons. The second kappa shape index (κ2) is 4.48. The van der Waals surface area contributed by atoms with Crippen LogP contribution in [0.5, 0.6) is 0 Å². The quantitative estimate of drug-likeness (QED) is 0.597. The van der Waals surface area contributed by atoms with Gasteiger partial charge in [-0.1, -0.05) is 24.3 Å². The average Bonchev–Trinajstić information content (AvgIpc) is 3.10. The van der Waals surface area contributed by atoms with E-state index in [4.69, 9.17) is 10.8 Å². The highest BCUT2D eigenvalue weighted by molar-refractivity contribution is 5.73. The zero-order valence-electron chi connectivity index (χ0n) is 9.66. The van der Waals surface area contributed by atoms with Gasteiger partial charge in [-0.3, -0.25) is 4.79 Å². The maximum absolute atomic E-state index is 12.8. The summed E-state index contributed by atoms with van der Waals surface area (Å²) in [6.45, 7) is 0. The number of hydrazine groups is 1. The number of aliphatic carboxylic acids is 1. The van der Waals surface area contributed by atoms with Gasteiger partial charge in [0, 0.05) is 0 Å². The van der Waals surface area contributed by atoms with Crippen molar-refractivity contribution >= 4 is 5.97 Å². The fourth-order valence-electron chi connectivity index (χ4n) is 1.74. The number of alkyl halides is 3. The monoisotopic (exact) mass is 275 g/mol. The SMILES string of the molecule is NC(Cc1ccc(C2(C(F)(F)F)NN2)cc1)C(=O)O. The van der Waals surface area contributed by atoms with E-state index in [1.807, 2.05) is 0 Å². The molecule has 0 spiro atoms. The normalized spacial score (nSPS) is 18.9. The van der Waals surface area contributed by atoms with Crippen LogP contribution in [0.25, 0.3) is 0 Å². The lowest BCUT2D eigenvalue weighted by molar-refractivity contribution is -0.165. The summed E-state index contributed by atoms with van der Waals surface area (Å²) in [6.07, 6.45) is -4.39. The first-order valence-corrected chi connectivity index (χ1v) is 5.45. The van der Waals surface area contributed by atoms with E-state index in [2.05, 4.69) is 10.9 Å². The third-order valence-electron chi connectivity index (χ3n) is 2.96. The molecule has 0 radical (unpaired) electrons. The summed E-state index contributed by atoms with van der Waals surface area (Å²) in [5.41, 5.74) is 7.92. The molecule has 1 heterocycles. The molecule has 1 aliphatic rings. The predicted molar refractivity (Wildman–Crippen MR) is 59.8 cm³/mol. The second-order valence-corrected chi connectivity index (χ2v) is 4.34. The van der Waals surface area contributed by atoms with E-state index < -0.39 is 23.9 Å². The molecule has 8 heteroatoms. The summed E-state index contributed by atoms with van der Waals surface area (Å²) >= 11 is 0. The Hall–Kier alpha value is -1.64. The summed E-state index contributed by atoms with van der Waals surface area (Å²) in [5, 5.41) is 8.65. The highest BCUT2D eigenvalue weighted by atomic mass is 19.4. The largest absolute Gasteiger partial charge is 0.480 e. The summed E-state index contributed by atoms with van der Waals surface area (Å²) < 4.78 is 38.3. The Morgan fingerprint density at radius 2 is 1.84 bits per heavy atom. The topological polar surface area (TPSA) is 107 Å². The van der Waals surface area contributed by atoms with Crippen LogP contribution in [0.1, 0.15) is 11.1 Å². The molecule has 1 aromatic rings. The summed E-state index contributed by atoms with van der Waals surface area (Å²) in [5.74, 6) is -1.15. The standard InChI is InChI=1S/C11H12F3N3O2/c12-11(13,14)10(16-17-10)7-3-1-6(2-4-7)5-8(15)9(18)19/h1-4,8,16-17H,5,15H2,(H,18,19). The Bertz CT molecular complexity index is 483. The Balaban J connectivity index is 2.14. The molecule has 5 N–H and O–H groups in total.